The molecule has 5 nitrogen and oxygen atoms in total. The molecule has 2 aromatic rings. The van der Waals surface area contributed by atoms with E-state index in [0.29, 0.717) is 11.3 Å². The zero-order valence-corrected chi connectivity index (χ0v) is 15.7. The normalized spacial score (nSPS) is 11.2. The number of esters is 1. The Hall–Kier alpha value is -1.86. The summed E-state index contributed by atoms with van der Waals surface area (Å²) >= 11 is 2.97. The highest BCUT2D eigenvalue weighted by Crippen LogP contribution is 2.29. The molecule has 2 rings (SSSR count). The Bertz CT molecular complexity index is 718. The van der Waals surface area contributed by atoms with E-state index >= 15 is 0 Å². The Labute approximate surface area is 149 Å². The van der Waals surface area contributed by atoms with Gasteiger partial charge >= 0.3 is 5.97 Å². The molecule has 1 aromatic carbocycles. The van der Waals surface area contributed by atoms with E-state index in [0.717, 1.165) is 10.0 Å². The molecule has 1 N–H and O–H groups in total. The van der Waals surface area contributed by atoms with Crippen LogP contribution in [-0.4, -0.2) is 29.7 Å². The van der Waals surface area contributed by atoms with Crippen LogP contribution in [0.3, 0.4) is 0 Å². The van der Waals surface area contributed by atoms with Crippen LogP contribution in [0, 0.1) is 0 Å². The van der Waals surface area contributed by atoms with E-state index in [1.165, 1.54) is 18.9 Å². The molecule has 0 aliphatic rings. The van der Waals surface area contributed by atoms with Crippen molar-refractivity contribution in [1.29, 1.82) is 0 Å². The van der Waals surface area contributed by atoms with Crippen LogP contribution >= 0.6 is 23.1 Å². The number of carbonyl (C=O) groups excluding carboxylic acids is 2. The molecule has 7 heteroatoms. The average molecular weight is 364 g/mol. The number of amides is 1. The molecular weight excluding hydrogens is 344 g/mol. The van der Waals surface area contributed by atoms with Crippen molar-refractivity contribution < 1.29 is 14.3 Å². The second-order valence-corrected chi connectivity index (χ2v) is 8.24. The van der Waals surface area contributed by atoms with Crippen molar-refractivity contribution in [2.45, 2.75) is 30.5 Å². The highest BCUT2D eigenvalue weighted by molar-refractivity contribution is 8.01. The average Bonchev–Trinajstić information content (AvgIpc) is 3.02. The summed E-state index contributed by atoms with van der Waals surface area (Å²) in [6.07, 6.45) is 0. The number of carbonyl (C=O) groups is 2. The van der Waals surface area contributed by atoms with Crippen molar-refractivity contribution in [3.63, 3.8) is 0 Å². The smallest absolute Gasteiger partial charge is 0.337 e. The summed E-state index contributed by atoms with van der Waals surface area (Å²) in [4.78, 5) is 27.9. The molecule has 1 aromatic heterocycles. The number of hydrogen-bond donors (Lipinski definition) is 1. The lowest BCUT2D eigenvalue weighted by molar-refractivity contribution is -0.113. The van der Waals surface area contributed by atoms with Gasteiger partial charge in [0.25, 0.3) is 0 Å². The van der Waals surface area contributed by atoms with Gasteiger partial charge in [-0.1, -0.05) is 32.5 Å². The zero-order valence-electron chi connectivity index (χ0n) is 14.1. The summed E-state index contributed by atoms with van der Waals surface area (Å²) in [5.74, 6) is -0.226. The number of rotatable bonds is 5. The number of thiazole rings is 1. The van der Waals surface area contributed by atoms with Gasteiger partial charge in [0.15, 0.2) is 4.34 Å². The summed E-state index contributed by atoms with van der Waals surface area (Å²) in [7, 11) is 1.33. The third-order valence-corrected chi connectivity index (χ3v) is 5.19. The summed E-state index contributed by atoms with van der Waals surface area (Å²) in [6, 6.07) is 6.59. The number of methoxy groups -OCH3 is 1. The summed E-state index contributed by atoms with van der Waals surface area (Å²) in [5, 5.41) is 4.83. The first-order chi connectivity index (χ1) is 11.3. The van der Waals surface area contributed by atoms with Gasteiger partial charge in [-0.3, -0.25) is 4.79 Å². The van der Waals surface area contributed by atoms with Crippen LogP contribution < -0.4 is 5.32 Å². The topological polar surface area (TPSA) is 68.3 Å². The van der Waals surface area contributed by atoms with E-state index < -0.39 is 5.97 Å². The van der Waals surface area contributed by atoms with Gasteiger partial charge in [-0.2, -0.15) is 0 Å². The fraction of sp³-hybridized carbons (Fsp3) is 0.353. The minimum atomic E-state index is -0.401. The standard InChI is InChI=1S/C17H20N2O3S2/c1-17(2,3)13-9-23-16(19-13)24-10-14(20)18-12-7-5-11(6-8-12)15(21)22-4/h5-9H,10H2,1-4H3,(H,18,20). The molecule has 1 amide bonds. The summed E-state index contributed by atoms with van der Waals surface area (Å²) in [6.45, 7) is 6.34. The van der Waals surface area contributed by atoms with Crippen LogP contribution in [0.5, 0.6) is 0 Å². The van der Waals surface area contributed by atoms with Crippen LogP contribution in [0.15, 0.2) is 34.0 Å². The number of benzene rings is 1. The summed E-state index contributed by atoms with van der Waals surface area (Å²) < 4.78 is 5.52. The molecule has 1 heterocycles. The van der Waals surface area contributed by atoms with Crippen molar-refractivity contribution in [2.24, 2.45) is 0 Å². The third kappa shape index (κ3) is 5.07. The van der Waals surface area contributed by atoms with Gasteiger partial charge in [-0.05, 0) is 24.3 Å². The maximum atomic E-state index is 12.0. The number of nitrogens with one attached hydrogen (secondary N) is 1. The molecule has 0 fully saturated rings. The molecule has 0 radical (unpaired) electrons. The van der Waals surface area contributed by atoms with Crippen LogP contribution in [-0.2, 0) is 14.9 Å². The lowest BCUT2D eigenvalue weighted by Gasteiger charge is -2.14. The monoisotopic (exact) mass is 364 g/mol. The number of nitrogens with zero attached hydrogens (tertiary/aromatic N) is 1. The molecule has 0 spiro atoms. The van der Waals surface area contributed by atoms with E-state index in [4.69, 9.17) is 0 Å². The highest BCUT2D eigenvalue weighted by atomic mass is 32.2. The van der Waals surface area contributed by atoms with Crippen LogP contribution in [0.25, 0.3) is 0 Å². The van der Waals surface area contributed by atoms with E-state index in [1.807, 2.05) is 5.38 Å². The first-order valence-corrected chi connectivity index (χ1v) is 9.23. The fourth-order valence-corrected chi connectivity index (χ4v) is 3.65. The van der Waals surface area contributed by atoms with E-state index in [9.17, 15) is 9.59 Å². The Balaban J connectivity index is 1.87. The number of ether oxygens (including phenoxy) is 1. The molecule has 128 valence electrons. The maximum Gasteiger partial charge on any atom is 0.337 e. The van der Waals surface area contributed by atoms with Crippen molar-refractivity contribution in [2.75, 3.05) is 18.2 Å². The first-order valence-electron chi connectivity index (χ1n) is 7.36. The fourth-order valence-electron chi connectivity index (χ4n) is 1.80. The molecule has 0 saturated heterocycles. The predicted molar refractivity (Wildman–Crippen MR) is 97.9 cm³/mol. The van der Waals surface area contributed by atoms with Crippen LogP contribution in [0.2, 0.25) is 0 Å². The molecule has 0 atom stereocenters. The number of thioether (sulfide) groups is 1. The van der Waals surface area contributed by atoms with Crippen molar-refractivity contribution in [3.8, 4) is 0 Å². The molecule has 0 aliphatic carbocycles. The highest BCUT2D eigenvalue weighted by Gasteiger charge is 2.18. The quantitative estimate of drug-likeness (QED) is 0.642. The van der Waals surface area contributed by atoms with Crippen molar-refractivity contribution in [3.05, 3.63) is 40.9 Å². The summed E-state index contributed by atoms with van der Waals surface area (Å²) in [5.41, 5.74) is 2.14. The second-order valence-electron chi connectivity index (χ2n) is 6.15. The van der Waals surface area contributed by atoms with Crippen LogP contribution in [0.1, 0.15) is 36.8 Å². The number of hydrogen-bond acceptors (Lipinski definition) is 6. The Morgan fingerprint density at radius 2 is 1.92 bits per heavy atom. The van der Waals surface area contributed by atoms with Gasteiger partial charge < -0.3 is 10.1 Å². The number of anilines is 1. The predicted octanol–water partition coefficient (Wildman–Crippen LogP) is 3.96. The van der Waals surface area contributed by atoms with Gasteiger partial charge in [0.05, 0.1) is 24.1 Å². The molecule has 24 heavy (non-hydrogen) atoms. The molecule has 0 aliphatic heterocycles. The van der Waals surface area contributed by atoms with E-state index in [-0.39, 0.29) is 17.1 Å². The molecule has 0 bridgehead atoms. The van der Waals surface area contributed by atoms with Gasteiger partial charge in [-0.25, -0.2) is 9.78 Å². The second kappa shape index (κ2) is 7.81. The molecular formula is C17H20N2O3S2. The van der Waals surface area contributed by atoms with E-state index in [2.05, 4.69) is 35.8 Å². The lowest BCUT2D eigenvalue weighted by Crippen LogP contribution is -2.14. The van der Waals surface area contributed by atoms with Gasteiger partial charge in [0.1, 0.15) is 0 Å². The lowest BCUT2D eigenvalue weighted by atomic mass is 9.93. The first kappa shape index (κ1) is 18.5. The van der Waals surface area contributed by atoms with Gasteiger partial charge in [0.2, 0.25) is 5.91 Å². The minimum absolute atomic E-state index is 0.0128. The SMILES string of the molecule is COC(=O)c1ccc(NC(=O)CSc2nc(C(C)(C)C)cs2)cc1. The van der Waals surface area contributed by atoms with Crippen LogP contribution in [0.4, 0.5) is 5.69 Å². The van der Waals surface area contributed by atoms with Gasteiger partial charge in [-0.15, -0.1) is 11.3 Å². The largest absolute Gasteiger partial charge is 0.465 e. The third-order valence-electron chi connectivity index (χ3n) is 3.17. The Morgan fingerprint density at radius 3 is 2.46 bits per heavy atom. The zero-order chi connectivity index (χ0) is 17.7. The van der Waals surface area contributed by atoms with Crippen molar-refractivity contribution >= 4 is 40.7 Å². The van der Waals surface area contributed by atoms with E-state index in [1.54, 1.807) is 35.6 Å². The maximum absolute atomic E-state index is 12.0. The minimum Gasteiger partial charge on any atom is -0.465 e. The molecule has 0 saturated carbocycles. The Morgan fingerprint density at radius 1 is 1.25 bits per heavy atom. The van der Waals surface area contributed by atoms with Gasteiger partial charge in [0, 0.05) is 16.5 Å². The van der Waals surface area contributed by atoms with Crippen molar-refractivity contribution in [1.82, 2.24) is 4.98 Å². The molecule has 0 unspecified atom stereocenters. The number of aromatic nitrogens is 1. The Kier molecular flexibility index (Phi) is 6.01.